The third-order valence-corrected chi connectivity index (χ3v) is 18.2. The van der Waals surface area contributed by atoms with Crippen molar-refractivity contribution in [1.82, 2.24) is 9.13 Å². The number of hydrogen-bond donors (Lipinski definition) is 0. The summed E-state index contributed by atoms with van der Waals surface area (Å²) < 4.78 is 53.0. The van der Waals surface area contributed by atoms with Crippen molar-refractivity contribution in [2.75, 3.05) is 0 Å². The van der Waals surface area contributed by atoms with Crippen molar-refractivity contribution in [3.63, 3.8) is 0 Å². The van der Waals surface area contributed by atoms with E-state index >= 15 is 0 Å². The highest BCUT2D eigenvalue weighted by atomic mass is 32.1. The molecule has 0 saturated heterocycles. The highest BCUT2D eigenvalue weighted by molar-refractivity contribution is 7.27. The number of para-hydroxylation sites is 2. The summed E-state index contributed by atoms with van der Waals surface area (Å²) >= 11 is 3.29. The van der Waals surface area contributed by atoms with Crippen LogP contribution in [-0.4, -0.2) is 9.13 Å². The molecule has 0 fully saturated rings. The third-order valence-electron chi connectivity index (χ3n) is 15.8. The number of nitriles is 1. The quantitative estimate of drug-likeness (QED) is 0.147. The Morgan fingerprint density at radius 3 is 1.55 bits per heavy atom. The maximum Gasteiger partial charge on any atom is 0.220 e. The van der Waals surface area contributed by atoms with E-state index in [1.165, 1.54) is 0 Å². The molecule has 6 heteroatoms. The monoisotopic (exact) mass is 1060 g/mol. The lowest BCUT2D eigenvalue weighted by Crippen LogP contribution is -2.09. The molecule has 0 aliphatic rings. The smallest absolute Gasteiger partial charge is 0.220 e. The molecule has 0 amide bonds. The number of hydrogen-bond acceptors (Lipinski definition) is 3. The van der Waals surface area contributed by atoms with Crippen molar-refractivity contribution in [2.24, 2.45) is 0 Å². The second-order valence-corrected chi connectivity index (χ2v) is 22.2. The molecule has 0 N–H and O–H groups in total. The molecule has 12 aromatic carbocycles. The standard InChI is InChI=1S/C74H42N4S2/c1-76-68-65(51-42-49(45-21-6-2-7-22-45)41-50(43-51)46-23-8-3-9-24-46)60(44-75)69(66(48-27-12-5-13-28-48)72(68)77-61-33-17-14-29-53(61)54-30-15-18-34-62(54)77)78-70-56(37-39-58-55-31-16-19-35-63(55)79-73(58)70)57-38-40-59-67-52(47-25-10-4-11-26-47)32-20-36-64(67)80-74(59)71(57)78/h2-43H/i4D,10D,11D,25D,26D. The average molecular weight is 1060 g/mol. The lowest BCUT2D eigenvalue weighted by atomic mass is 9.86. The predicted molar refractivity (Wildman–Crippen MR) is 339 cm³/mol. The van der Waals surface area contributed by atoms with Gasteiger partial charge in [0.1, 0.15) is 6.07 Å². The topological polar surface area (TPSA) is 38.0 Å². The molecule has 16 rings (SSSR count). The molecule has 0 aliphatic heterocycles. The Kier molecular flexibility index (Phi) is 9.26. The fourth-order valence-corrected chi connectivity index (χ4v) is 15.0. The minimum Gasteiger partial charge on any atom is -0.318 e. The maximum atomic E-state index is 12.7. The Balaban J connectivity index is 1.18. The van der Waals surface area contributed by atoms with E-state index in [0.29, 0.717) is 44.9 Å². The molecule has 0 radical (unpaired) electrons. The summed E-state index contributed by atoms with van der Waals surface area (Å²) in [6.07, 6.45) is 0. The maximum absolute atomic E-state index is 12.7. The number of rotatable bonds is 7. The van der Waals surface area contributed by atoms with E-state index in [2.05, 4.69) is 155 Å². The first-order valence-corrected chi connectivity index (χ1v) is 28.0. The SMILES string of the molecule is [2H]c1c([2H])c([2H])c(-c2cccc3sc4c(ccc5c6ccc7c8ccccc8sc7c6n(-c6c(C#N)c(-c7cc(-c8ccccc8)cc(-c8ccccc8)c7)c([N+]#[C-])c(-n7c8ccccc8c8ccccc87)c6-c6ccccc6)c54)c23)c([2H])c1[2H]. The molecular weight excluding hydrogens is 1010 g/mol. The van der Waals surface area contributed by atoms with Gasteiger partial charge < -0.3 is 9.13 Å². The molecule has 0 unspecified atom stereocenters. The van der Waals surface area contributed by atoms with Gasteiger partial charge in [0.2, 0.25) is 5.69 Å². The van der Waals surface area contributed by atoms with Gasteiger partial charge in [-0.15, -0.1) is 22.7 Å². The van der Waals surface area contributed by atoms with E-state index in [-0.39, 0.29) is 17.6 Å². The first kappa shape index (κ1) is 40.9. The van der Waals surface area contributed by atoms with E-state index in [9.17, 15) is 14.6 Å². The van der Waals surface area contributed by atoms with Gasteiger partial charge in [0.05, 0.1) is 61.8 Å². The minimum atomic E-state index is -0.450. The number of benzene rings is 12. The predicted octanol–water partition coefficient (Wildman–Crippen LogP) is 21.4. The van der Waals surface area contributed by atoms with Crippen LogP contribution in [-0.2, 0) is 0 Å². The van der Waals surface area contributed by atoms with E-state index in [4.69, 9.17) is 8.96 Å². The highest BCUT2D eigenvalue weighted by Gasteiger charge is 2.33. The fraction of sp³-hybridized carbons (Fsp3) is 0. The Bertz CT molecular complexity index is 5490. The van der Waals surface area contributed by atoms with Crippen molar-refractivity contribution >= 4 is 112 Å². The van der Waals surface area contributed by atoms with Gasteiger partial charge in [-0.05, 0) is 87.0 Å². The summed E-state index contributed by atoms with van der Waals surface area (Å²) in [5.41, 5.74) is 12.5. The molecule has 4 aromatic heterocycles. The van der Waals surface area contributed by atoms with Crippen molar-refractivity contribution < 1.29 is 6.85 Å². The van der Waals surface area contributed by atoms with Crippen LogP contribution in [0.2, 0.25) is 0 Å². The average Bonchev–Trinajstić information content (AvgIpc) is 1.62. The van der Waals surface area contributed by atoms with Crippen LogP contribution in [0.3, 0.4) is 0 Å². The molecule has 80 heavy (non-hydrogen) atoms. The molecule has 0 saturated carbocycles. The van der Waals surface area contributed by atoms with E-state index in [0.717, 1.165) is 112 Å². The Morgan fingerprint density at radius 1 is 0.412 bits per heavy atom. The van der Waals surface area contributed by atoms with Crippen LogP contribution in [0.5, 0.6) is 0 Å². The van der Waals surface area contributed by atoms with Gasteiger partial charge in [0.25, 0.3) is 0 Å². The number of aromatic nitrogens is 2. The fourth-order valence-electron chi connectivity index (χ4n) is 12.5. The Morgan fingerprint density at radius 2 is 0.925 bits per heavy atom. The van der Waals surface area contributed by atoms with Crippen molar-refractivity contribution in [1.29, 1.82) is 5.26 Å². The molecule has 0 bridgehead atoms. The second-order valence-electron chi connectivity index (χ2n) is 20.1. The van der Waals surface area contributed by atoms with Gasteiger partial charge in [-0.2, -0.15) is 5.26 Å². The number of fused-ring (bicyclic) bond motifs is 14. The minimum absolute atomic E-state index is 0.129. The molecule has 4 heterocycles. The first-order valence-electron chi connectivity index (χ1n) is 28.8. The summed E-state index contributed by atoms with van der Waals surface area (Å²) in [7, 11) is 0. The molecule has 370 valence electrons. The molecule has 0 atom stereocenters. The van der Waals surface area contributed by atoms with Crippen LogP contribution in [0.4, 0.5) is 5.69 Å². The normalized spacial score (nSPS) is 12.6. The zero-order chi connectivity index (χ0) is 57.4. The van der Waals surface area contributed by atoms with Gasteiger partial charge in [0, 0.05) is 63.6 Å². The summed E-state index contributed by atoms with van der Waals surface area (Å²) in [4.78, 5) is 4.69. The third kappa shape index (κ3) is 6.77. The molecule has 4 nitrogen and oxygen atoms in total. The van der Waals surface area contributed by atoms with E-state index in [1.54, 1.807) is 22.7 Å². The van der Waals surface area contributed by atoms with Crippen LogP contribution in [0, 0.1) is 17.9 Å². The van der Waals surface area contributed by atoms with Crippen LogP contribution in [0.1, 0.15) is 12.4 Å². The lowest BCUT2D eigenvalue weighted by molar-refractivity contribution is 1.14. The van der Waals surface area contributed by atoms with Crippen LogP contribution in [0.15, 0.2) is 255 Å². The zero-order valence-electron chi connectivity index (χ0n) is 47.5. The highest BCUT2D eigenvalue weighted by Crippen LogP contribution is 2.55. The number of nitrogens with zero attached hydrogens (tertiary/aromatic N) is 4. The Hall–Kier alpha value is -10.3. The number of thiophene rings is 2. The van der Waals surface area contributed by atoms with Gasteiger partial charge in [-0.3, -0.25) is 0 Å². The summed E-state index contributed by atoms with van der Waals surface area (Å²) in [5, 5.41) is 20.4. The van der Waals surface area contributed by atoms with Crippen LogP contribution >= 0.6 is 22.7 Å². The summed E-state index contributed by atoms with van der Waals surface area (Å²) in [6.45, 7) is 9.70. The van der Waals surface area contributed by atoms with Crippen molar-refractivity contribution in [3.8, 4) is 73.1 Å². The second kappa shape index (κ2) is 18.1. The van der Waals surface area contributed by atoms with Crippen molar-refractivity contribution in [2.45, 2.75) is 0 Å². The van der Waals surface area contributed by atoms with Crippen LogP contribution < -0.4 is 0 Å². The zero-order valence-corrected chi connectivity index (χ0v) is 44.1. The van der Waals surface area contributed by atoms with E-state index in [1.807, 2.05) is 84.9 Å². The molecule has 16 aromatic rings. The summed E-state index contributed by atoms with van der Waals surface area (Å²) in [5.74, 6) is 0. The molecule has 0 spiro atoms. The Labute approximate surface area is 475 Å². The largest absolute Gasteiger partial charge is 0.318 e. The van der Waals surface area contributed by atoms with E-state index < -0.39 is 18.1 Å². The summed E-state index contributed by atoms with van der Waals surface area (Å²) in [6, 6.07) is 77.8. The van der Waals surface area contributed by atoms with Gasteiger partial charge in [-0.1, -0.05) is 212 Å². The van der Waals surface area contributed by atoms with Gasteiger partial charge in [0.15, 0.2) is 0 Å². The van der Waals surface area contributed by atoms with Gasteiger partial charge in [-0.25, -0.2) is 4.85 Å². The van der Waals surface area contributed by atoms with Gasteiger partial charge >= 0.3 is 0 Å². The molecular formula is C74H42N4S2. The van der Waals surface area contributed by atoms with Crippen molar-refractivity contribution in [3.05, 3.63) is 272 Å². The van der Waals surface area contributed by atoms with Crippen LogP contribution in [0.25, 0.3) is 156 Å². The first-order chi connectivity index (χ1) is 41.7. The lowest BCUT2D eigenvalue weighted by Gasteiger charge is -2.26. The molecule has 0 aliphatic carbocycles.